The molecule has 0 aliphatic rings. The number of Topliss-reactive ketones (excluding diaryl/α,β-unsaturated/α-hetero) is 1. The number of rotatable bonds is 4. The molecule has 4 nitrogen and oxygen atoms in total. The highest BCUT2D eigenvalue weighted by Gasteiger charge is 1.99. The minimum atomic E-state index is 0.0869. The van der Waals surface area contributed by atoms with Crippen LogP contribution in [0, 0.1) is 0 Å². The number of carbonyl (C=O) groups is 1. The number of carbonyl (C=O) groups excluding carboxylic acids is 1. The summed E-state index contributed by atoms with van der Waals surface area (Å²) in [5.74, 6) is 0.0869. The molecule has 0 unspecified atom stereocenters. The Bertz CT molecular complexity index is 514. The Morgan fingerprint density at radius 2 is 2.06 bits per heavy atom. The molecule has 2 rings (SSSR count). The Morgan fingerprint density at radius 1 is 1.35 bits per heavy atom. The van der Waals surface area contributed by atoms with Crippen molar-refractivity contribution in [2.45, 2.75) is 13.5 Å². The summed E-state index contributed by atoms with van der Waals surface area (Å²) in [4.78, 5) is 11.1. The van der Waals surface area contributed by atoms with E-state index in [1.807, 2.05) is 43.7 Å². The van der Waals surface area contributed by atoms with Gasteiger partial charge in [0.2, 0.25) is 0 Å². The molecule has 1 N–H and O–H groups in total. The van der Waals surface area contributed by atoms with Crippen molar-refractivity contribution < 1.29 is 4.79 Å². The molecular weight excluding hydrogens is 214 g/mol. The van der Waals surface area contributed by atoms with Crippen molar-refractivity contribution in [3.63, 3.8) is 0 Å². The Kier molecular flexibility index (Phi) is 3.23. The van der Waals surface area contributed by atoms with Crippen LogP contribution in [0.5, 0.6) is 0 Å². The Hall–Kier alpha value is -2.10. The Labute approximate surface area is 100 Å². The SMILES string of the molecule is CC(=O)c1ccc(NCc2cnn(C)c2)cc1. The van der Waals surface area contributed by atoms with Crippen LogP contribution in [-0.2, 0) is 13.6 Å². The van der Waals surface area contributed by atoms with Crippen LogP contribution in [0.2, 0.25) is 0 Å². The molecule has 0 amide bonds. The number of hydrogen-bond donors (Lipinski definition) is 1. The predicted octanol–water partition coefficient (Wildman–Crippen LogP) is 2.23. The minimum Gasteiger partial charge on any atom is -0.381 e. The van der Waals surface area contributed by atoms with Crippen molar-refractivity contribution in [3.8, 4) is 0 Å². The van der Waals surface area contributed by atoms with Crippen molar-refractivity contribution in [1.29, 1.82) is 0 Å². The van der Waals surface area contributed by atoms with Crippen LogP contribution < -0.4 is 5.32 Å². The zero-order chi connectivity index (χ0) is 12.3. The highest BCUT2D eigenvalue weighted by atomic mass is 16.1. The summed E-state index contributed by atoms with van der Waals surface area (Å²) in [7, 11) is 1.89. The third kappa shape index (κ3) is 2.93. The first-order valence-electron chi connectivity index (χ1n) is 5.47. The molecule has 1 heterocycles. The van der Waals surface area contributed by atoms with Crippen molar-refractivity contribution in [2.24, 2.45) is 7.05 Å². The van der Waals surface area contributed by atoms with E-state index in [2.05, 4.69) is 10.4 Å². The summed E-state index contributed by atoms with van der Waals surface area (Å²) < 4.78 is 1.77. The fraction of sp³-hybridized carbons (Fsp3) is 0.231. The molecule has 0 bridgehead atoms. The van der Waals surface area contributed by atoms with Gasteiger partial charge in [-0.25, -0.2) is 0 Å². The second kappa shape index (κ2) is 4.82. The predicted molar refractivity (Wildman–Crippen MR) is 67.0 cm³/mol. The lowest BCUT2D eigenvalue weighted by Crippen LogP contribution is -1.99. The quantitative estimate of drug-likeness (QED) is 0.818. The fourth-order valence-electron chi connectivity index (χ4n) is 1.59. The molecule has 0 fully saturated rings. The number of ketones is 1. The van der Waals surface area contributed by atoms with Crippen LogP contribution in [0.4, 0.5) is 5.69 Å². The molecular formula is C13H15N3O. The van der Waals surface area contributed by atoms with Gasteiger partial charge >= 0.3 is 0 Å². The first kappa shape index (κ1) is 11.4. The van der Waals surface area contributed by atoms with Crippen LogP contribution in [0.25, 0.3) is 0 Å². The molecule has 0 saturated carbocycles. The molecule has 0 radical (unpaired) electrons. The molecule has 1 aromatic carbocycles. The maximum Gasteiger partial charge on any atom is 0.159 e. The monoisotopic (exact) mass is 229 g/mol. The maximum atomic E-state index is 11.1. The third-order valence-electron chi connectivity index (χ3n) is 2.55. The lowest BCUT2D eigenvalue weighted by atomic mass is 10.1. The first-order chi connectivity index (χ1) is 8.15. The second-order valence-electron chi connectivity index (χ2n) is 4.01. The van der Waals surface area contributed by atoms with Gasteiger partial charge in [-0.3, -0.25) is 9.48 Å². The smallest absolute Gasteiger partial charge is 0.159 e. The number of aromatic nitrogens is 2. The summed E-state index contributed by atoms with van der Waals surface area (Å²) in [5.41, 5.74) is 2.86. The molecule has 4 heteroatoms. The van der Waals surface area contributed by atoms with Crippen LogP contribution in [0.1, 0.15) is 22.8 Å². The summed E-state index contributed by atoms with van der Waals surface area (Å²) in [6.07, 6.45) is 3.80. The molecule has 0 spiro atoms. The van der Waals surface area contributed by atoms with Crippen molar-refractivity contribution in [3.05, 3.63) is 47.8 Å². The van der Waals surface area contributed by atoms with E-state index in [4.69, 9.17) is 0 Å². The van der Waals surface area contributed by atoms with Crippen molar-refractivity contribution in [2.75, 3.05) is 5.32 Å². The van der Waals surface area contributed by atoms with Crippen LogP contribution >= 0.6 is 0 Å². The maximum absolute atomic E-state index is 11.1. The van der Waals surface area contributed by atoms with Gasteiger partial charge in [-0.2, -0.15) is 5.10 Å². The first-order valence-corrected chi connectivity index (χ1v) is 5.47. The second-order valence-corrected chi connectivity index (χ2v) is 4.01. The van der Waals surface area contributed by atoms with Crippen molar-refractivity contribution in [1.82, 2.24) is 9.78 Å². The van der Waals surface area contributed by atoms with Crippen LogP contribution in [0.3, 0.4) is 0 Å². The topological polar surface area (TPSA) is 46.9 Å². The summed E-state index contributed by atoms with van der Waals surface area (Å²) >= 11 is 0. The number of aryl methyl sites for hydroxylation is 1. The van der Waals surface area contributed by atoms with E-state index in [0.717, 1.165) is 23.4 Å². The number of hydrogen-bond acceptors (Lipinski definition) is 3. The molecule has 0 atom stereocenters. The van der Waals surface area contributed by atoms with E-state index < -0.39 is 0 Å². The zero-order valence-corrected chi connectivity index (χ0v) is 9.97. The molecule has 17 heavy (non-hydrogen) atoms. The number of nitrogens with one attached hydrogen (secondary N) is 1. The molecule has 1 aromatic heterocycles. The number of anilines is 1. The average Bonchev–Trinajstić information content (AvgIpc) is 2.73. The van der Waals surface area contributed by atoms with Gasteiger partial charge in [0.05, 0.1) is 6.20 Å². The molecule has 2 aromatic rings. The van der Waals surface area contributed by atoms with Gasteiger partial charge in [0.15, 0.2) is 5.78 Å². The molecule has 0 saturated heterocycles. The largest absolute Gasteiger partial charge is 0.381 e. The van der Waals surface area contributed by atoms with Gasteiger partial charge in [0.25, 0.3) is 0 Å². The van der Waals surface area contributed by atoms with Crippen LogP contribution in [0.15, 0.2) is 36.7 Å². The summed E-state index contributed by atoms with van der Waals surface area (Å²) in [6, 6.07) is 7.47. The zero-order valence-electron chi connectivity index (χ0n) is 9.97. The Morgan fingerprint density at radius 3 is 2.59 bits per heavy atom. The van der Waals surface area contributed by atoms with Gasteiger partial charge in [0.1, 0.15) is 0 Å². The van der Waals surface area contributed by atoms with Gasteiger partial charge < -0.3 is 5.32 Å². The molecule has 0 aliphatic carbocycles. The normalized spacial score (nSPS) is 10.2. The third-order valence-corrected chi connectivity index (χ3v) is 2.55. The summed E-state index contributed by atoms with van der Waals surface area (Å²) in [5, 5.41) is 7.37. The minimum absolute atomic E-state index is 0.0869. The lowest BCUT2D eigenvalue weighted by molar-refractivity contribution is 0.101. The highest BCUT2D eigenvalue weighted by Crippen LogP contribution is 2.11. The van der Waals surface area contributed by atoms with E-state index in [0.29, 0.717) is 0 Å². The highest BCUT2D eigenvalue weighted by molar-refractivity contribution is 5.94. The number of nitrogens with zero attached hydrogens (tertiary/aromatic N) is 2. The van der Waals surface area contributed by atoms with E-state index in [1.54, 1.807) is 11.6 Å². The van der Waals surface area contributed by atoms with Gasteiger partial charge in [-0.15, -0.1) is 0 Å². The van der Waals surface area contributed by atoms with Crippen LogP contribution in [-0.4, -0.2) is 15.6 Å². The van der Waals surface area contributed by atoms with E-state index in [1.165, 1.54) is 0 Å². The standard InChI is InChI=1S/C13H15N3O/c1-10(17)12-3-5-13(6-4-12)14-7-11-8-15-16(2)9-11/h3-6,8-9,14H,7H2,1-2H3. The fourth-order valence-corrected chi connectivity index (χ4v) is 1.59. The summed E-state index contributed by atoms with van der Waals surface area (Å²) in [6.45, 7) is 2.30. The molecule has 88 valence electrons. The number of benzene rings is 1. The molecule has 0 aliphatic heterocycles. The Balaban J connectivity index is 1.97. The van der Waals surface area contributed by atoms with E-state index in [9.17, 15) is 4.79 Å². The van der Waals surface area contributed by atoms with Gasteiger partial charge in [-0.1, -0.05) is 0 Å². The lowest BCUT2D eigenvalue weighted by Gasteiger charge is -2.05. The van der Waals surface area contributed by atoms with Crippen molar-refractivity contribution >= 4 is 11.5 Å². The van der Waals surface area contributed by atoms with Gasteiger partial charge in [0, 0.05) is 36.6 Å². The van der Waals surface area contributed by atoms with E-state index >= 15 is 0 Å². The van der Waals surface area contributed by atoms with Gasteiger partial charge in [-0.05, 0) is 31.2 Å². The average molecular weight is 229 g/mol. The van der Waals surface area contributed by atoms with E-state index in [-0.39, 0.29) is 5.78 Å².